The van der Waals surface area contributed by atoms with E-state index in [1.807, 2.05) is 4.90 Å². The second kappa shape index (κ2) is 6.83. The largest absolute Gasteiger partial charge is 0.290 e. The average Bonchev–Trinajstić information content (AvgIpc) is 2.40. The number of nitrogens with zero attached hydrogens (tertiary/aromatic N) is 2. The topological polar surface area (TPSA) is 73.2 Å². The SMILES string of the molecule is N#CCN1CCC(NS(=O)(=O)c2ccc(Br)cc2F)CC1. The normalized spacial score (nSPS) is 17.6. The molecule has 1 aliphatic rings. The Bertz CT molecular complexity index is 652. The van der Waals surface area contributed by atoms with E-state index in [1.54, 1.807) is 0 Å². The molecule has 0 spiro atoms. The number of rotatable bonds is 4. The standard InChI is InChI=1S/C13H15BrFN3O2S/c14-10-1-2-13(12(15)9-10)21(19,20)17-11-3-6-18(7-4-11)8-5-16/h1-2,9,11,17H,3-4,6-8H2. The van der Waals surface area contributed by atoms with Gasteiger partial charge in [-0.15, -0.1) is 0 Å². The summed E-state index contributed by atoms with van der Waals surface area (Å²) in [5, 5.41) is 8.62. The maximum Gasteiger partial charge on any atom is 0.243 e. The number of nitriles is 1. The van der Waals surface area contributed by atoms with Gasteiger partial charge >= 0.3 is 0 Å². The van der Waals surface area contributed by atoms with Crippen molar-refractivity contribution in [2.24, 2.45) is 0 Å². The zero-order chi connectivity index (χ0) is 15.5. The van der Waals surface area contributed by atoms with Crippen molar-refractivity contribution in [2.45, 2.75) is 23.8 Å². The van der Waals surface area contributed by atoms with Crippen LogP contribution in [0.1, 0.15) is 12.8 Å². The fourth-order valence-corrected chi connectivity index (χ4v) is 3.98. The molecule has 1 aromatic carbocycles. The van der Waals surface area contributed by atoms with E-state index >= 15 is 0 Å². The summed E-state index contributed by atoms with van der Waals surface area (Å²) in [5.74, 6) is -0.779. The molecule has 0 aliphatic carbocycles. The molecule has 0 saturated carbocycles. The van der Waals surface area contributed by atoms with Crippen LogP contribution >= 0.6 is 15.9 Å². The molecule has 1 N–H and O–H groups in total. The van der Waals surface area contributed by atoms with Crippen LogP contribution in [0.25, 0.3) is 0 Å². The molecule has 1 fully saturated rings. The monoisotopic (exact) mass is 375 g/mol. The summed E-state index contributed by atoms with van der Waals surface area (Å²) in [7, 11) is -3.87. The molecule has 5 nitrogen and oxygen atoms in total. The predicted octanol–water partition coefficient (Wildman–Crippen LogP) is 1.85. The van der Waals surface area contributed by atoms with Gasteiger partial charge in [0.25, 0.3) is 0 Å². The van der Waals surface area contributed by atoms with Crippen LogP contribution in [-0.2, 0) is 10.0 Å². The maximum atomic E-state index is 13.8. The number of likely N-dealkylation sites (tertiary alicyclic amines) is 1. The molecule has 2 rings (SSSR count). The smallest absolute Gasteiger partial charge is 0.243 e. The van der Waals surface area contributed by atoms with E-state index in [0.29, 0.717) is 36.9 Å². The van der Waals surface area contributed by atoms with Gasteiger partial charge in [0.2, 0.25) is 10.0 Å². The first-order valence-electron chi connectivity index (χ1n) is 6.49. The highest BCUT2D eigenvalue weighted by atomic mass is 79.9. The van der Waals surface area contributed by atoms with Crippen LogP contribution in [0.15, 0.2) is 27.6 Å². The van der Waals surface area contributed by atoms with Crippen molar-refractivity contribution >= 4 is 26.0 Å². The van der Waals surface area contributed by atoms with Gasteiger partial charge in [-0.1, -0.05) is 15.9 Å². The van der Waals surface area contributed by atoms with Crippen molar-refractivity contribution in [3.05, 3.63) is 28.5 Å². The fourth-order valence-electron chi connectivity index (χ4n) is 2.28. The Balaban J connectivity index is 2.04. The van der Waals surface area contributed by atoms with E-state index in [2.05, 4.69) is 26.7 Å². The van der Waals surface area contributed by atoms with E-state index < -0.39 is 15.8 Å². The molecule has 1 aromatic rings. The molecule has 0 bridgehead atoms. The van der Waals surface area contributed by atoms with Gasteiger partial charge < -0.3 is 0 Å². The van der Waals surface area contributed by atoms with Crippen LogP contribution in [0.5, 0.6) is 0 Å². The van der Waals surface area contributed by atoms with E-state index in [0.717, 1.165) is 6.07 Å². The van der Waals surface area contributed by atoms with Gasteiger partial charge in [-0.25, -0.2) is 17.5 Å². The third-order valence-electron chi connectivity index (χ3n) is 3.39. The highest BCUT2D eigenvalue weighted by Crippen LogP contribution is 2.21. The minimum absolute atomic E-state index is 0.229. The van der Waals surface area contributed by atoms with Crippen molar-refractivity contribution in [1.82, 2.24) is 9.62 Å². The van der Waals surface area contributed by atoms with Crippen molar-refractivity contribution in [3.63, 3.8) is 0 Å². The zero-order valence-electron chi connectivity index (χ0n) is 11.2. The summed E-state index contributed by atoms with van der Waals surface area (Å²) >= 11 is 3.10. The van der Waals surface area contributed by atoms with Gasteiger partial charge in [0.15, 0.2) is 0 Å². The zero-order valence-corrected chi connectivity index (χ0v) is 13.6. The third-order valence-corrected chi connectivity index (χ3v) is 5.43. The Labute approximate surface area is 131 Å². The molecule has 114 valence electrons. The van der Waals surface area contributed by atoms with Crippen LogP contribution in [-0.4, -0.2) is 39.0 Å². The summed E-state index contributed by atoms with van der Waals surface area (Å²) in [6, 6.07) is 5.71. The third kappa shape index (κ3) is 4.23. The molecule has 0 unspecified atom stereocenters. The molecular formula is C13H15BrFN3O2S. The highest BCUT2D eigenvalue weighted by molar-refractivity contribution is 9.10. The lowest BCUT2D eigenvalue weighted by atomic mass is 10.1. The molecule has 1 aliphatic heterocycles. The minimum atomic E-state index is -3.87. The molecule has 8 heteroatoms. The van der Waals surface area contributed by atoms with Gasteiger partial charge in [-0.2, -0.15) is 5.26 Å². The van der Waals surface area contributed by atoms with Crippen LogP contribution < -0.4 is 4.72 Å². The van der Waals surface area contributed by atoms with Crippen molar-refractivity contribution < 1.29 is 12.8 Å². The lowest BCUT2D eigenvalue weighted by Crippen LogP contribution is -2.44. The predicted molar refractivity (Wildman–Crippen MR) is 79.5 cm³/mol. The van der Waals surface area contributed by atoms with Gasteiger partial charge in [0.1, 0.15) is 10.7 Å². The van der Waals surface area contributed by atoms with Crippen LogP contribution in [0, 0.1) is 17.1 Å². The first kappa shape index (κ1) is 16.4. The van der Waals surface area contributed by atoms with Crippen molar-refractivity contribution in [1.29, 1.82) is 5.26 Å². The number of benzene rings is 1. The summed E-state index contributed by atoms with van der Waals surface area (Å²) in [4.78, 5) is 1.62. The number of nitrogens with one attached hydrogen (secondary N) is 1. The Hall–Kier alpha value is -1.01. The van der Waals surface area contributed by atoms with Gasteiger partial charge in [0.05, 0.1) is 12.6 Å². The second-order valence-electron chi connectivity index (χ2n) is 4.90. The van der Waals surface area contributed by atoms with E-state index in [4.69, 9.17) is 5.26 Å². The molecule has 0 aromatic heterocycles. The van der Waals surface area contributed by atoms with Crippen LogP contribution in [0.4, 0.5) is 4.39 Å². The number of piperidine rings is 1. The van der Waals surface area contributed by atoms with Crippen LogP contribution in [0.2, 0.25) is 0 Å². The summed E-state index contributed by atoms with van der Waals surface area (Å²) in [6.45, 7) is 1.66. The lowest BCUT2D eigenvalue weighted by molar-refractivity contribution is 0.229. The molecule has 0 atom stereocenters. The lowest BCUT2D eigenvalue weighted by Gasteiger charge is -2.30. The maximum absolute atomic E-state index is 13.8. The summed E-state index contributed by atoms with van der Waals surface area (Å²) < 4.78 is 41.2. The van der Waals surface area contributed by atoms with Crippen LogP contribution in [0.3, 0.4) is 0 Å². The van der Waals surface area contributed by atoms with Gasteiger partial charge in [-0.3, -0.25) is 4.90 Å². The van der Waals surface area contributed by atoms with Gasteiger partial charge in [-0.05, 0) is 31.0 Å². The molecule has 1 heterocycles. The molecule has 0 radical (unpaired) electrons. The first-order chi connectivity index (χ1) is 9.92. The summed E-state index contributed by atoms with van der Waals surface area (Å²) in [5.41, 5.74) is 0. The van der Waals surface area contributed by atoms with E-state index in [9.17, 15) is 12.8 Å². The Kier molecular flexibility index (Phi) is 5.32. The number of halogens is 2. The second-order valence-corrected chi connectivity index (χ2v) is 7.50. The highest BCUT2D eigenvalue weighted by Gasteiger charge is 2.26. The minimum Gasteiger partial charge on any atom is -0.290 e. The quantitative estimate of drug-likeness (QED) is 0.815. The van der Waals surface area contributed by atoms with Crippen molar-refractivity contribution in [2.75, 3.05) is 19.6 Å². The first-order valence-corrected chi connectivity index (χ1v) is 8.76. The number of sulfonamides is 1. The Morgan fingerprint density at radius 1 is 1.43 bits per heavy atom. The Morgan fingerprint density at radius 2 is 2.10 bits per heavy atom. The summed E-state index contributed by atoms with van der Waals surface area (Å²) in [6.07, 6.45) is 1.22. The Morgan fingerprint density at radius 3 is 2.67 bits per heavy atom. The molecule has 1 saturated heterocycles. The number of hydrogen-bond acceptors (Lipinski definition) is 4. The van der Waals surface area contributed by atoms with E-state index in [1.165, 1.54) is 12.1 Å². The molecular weight excluding hydrogens is 361 g/mol. The fraction of sp³-hybridized carbons (Fsp3) is 0.462. The number of hydrogen-bond donors (Lipinski definition) is 1. The average molecular weight is 376 g/mol. The van der Waals surface area contributed by atoms with E-state index in [-0.39, 0.29) is 10.9 Å². The molecule has 0 amide bonds. The molecule has 21 heavy (non-hydrogen) atoms. The van der Waals surface area contributed by atoms with Crippen molar-refractivity contribution in [3.8, 4) is 6.07 Å². The van der Waals surface area contributed by atoms with Gasteiger partial charge in [0, 0.05) is 23.6 Å².